The topological polar surface area (TPSA) is 41.1 Å². The second kappa shape index (κ2) is 5.70. The van der Waals surface area contributed by atoms with Crippen LogP contribution in [-0.2, 0) is 4.79 Å². The summed E-state index contributed by atoms with van der Waals surface area (Å²) in [5.74, 6) is -0.280. The normalized spacial score (nSPS) is 24.8. The van der Waals surface area contributed by atoms with Crippen LogP contribution in [-0.4, -0.2) is 19.0 Å². The van der Waals surface area contributed by atoms with Crippen molar-refractivity contribution in [3.05, 3.63) is 35.6 Å². The van der Waals surface area contributed by atoms with Crippen molar-refractivity contribution in [2.45, 2.75) is 32.7 Å². The zero-order chi connectivity index (χ0) is 13.9. The molecule has 4 heteroatoms. The van der Waals surface area contributed by atoms with Crippen molar-refractivity contribution < 1.29 is 9.18 Å². The second-order valence-corrected chi connectivity index (χ2v) is 5.56. The standard InChI is InChI=1S/C15H21FN2O/c1-11(12-6-3-4-7-13(12)16)18-14(19)15(2)8-5-9-17-10-15/h3-4,6-7,11,17H,5,8-10H2,1-2H3,(H,18,19)/t11-,15?/m1/s1. The van der Waals surface area contributed by atoms with Crippen molar-refractivity contribution in [1.29, 1.82) is 0 Å². The van der Waals surface area contributed by atoms with Gasteiger partial charge in [0.25, 0.3) is 0 Å². The predicted molar refractivity (Wildman–Crippen MR) is 73.2 cm³/mol. The molecule has 0 radical (unpaired) electrons. The Morgan fingerprint density at radius 1 is 1.47 bits per heavy atom. The van der Waals surface area contributed by atoms with Gasteiger partial charge in [0, 0.05) is 12.1 Å². The molecule has 0 saturated carbocycles. The number of hydrogen-bond acceptors (Lipinski definition) is 2. The Morgan fingerprint density at radius 2 is 2.21 bits per heavy atom. The van der Waals surface area contributed by atoms with Gasteiger partial charge in [-0.3, -0.25) is 4.79 Å². The summed E-state index contributed by atoms with van der Waals surface area (Å²) in [7, 11) is 0. The van der Waals surface area contributed by atoms with E-state index in [1.165, 1.54) is 6.07 Å². The molecule has 3 nitrogen and oxygen atoms in total. The monoisotopic (exact) mass is 264 g/mol. The van der Waals surface area contributed by atoms with Crippen molar-refractivity contribution in [1.82, 2.24) is 10.6 Å². The Morgan fingerprint density at radius 3 is 2.84 bits per heavy atom. The zero-order valence-corrected chi connectivity index (χ0v) is 11.5. The first-order valence-electron chi connectivity index (χ1n) is 6.79. The molecule has 104 valence electrons. The number of carbonyl (C=O) groups is 1. The van der Waals surface area contributed by atoms with Crippen LogP contribution in [0.3, 0.4) is 0 Å². The molecule has 1 aromatic rings. The second-order valence-electron chi connectivity index (χ2n) is 5.56. The first kappa shape index (κ1) is 14.0. The summed E-state index contributed by atoms with van der Waals surface area (Å²) in [5.41, 5.74) is 0.140. The lowest BCUT2D eigenvalue weighted by molar-refractivity contribution is -0.131. The van der Waals surface area contributed by atoms with E-state index in [4.69, 9.17) is 0 Å². The molecule has 2 N–H and O–H groups in total. The van der Waals surface area contributed by atoms with Crippen molar-refractivity contribution in [2.75, 3.05) is 13.1 Å². The Hall–Kier alpha value is -1.42. The minimum absolute atomic E-state index is 0.00421. The fourth-order valence-corrected chi connectivity index (χ4v) is 2.52. The van der Waals surface area contributed by atoms with Crippen molar-refractivity contribution in [3.8, 4) is 0 Å². The van der Waals surface area contributed by atoms with Crippen LogP contribution in [0.15, 0.2) is 24.3 Å². The molecular formula is C15H21FN2O. The van der Waals surface area contributed by atoms with E-state index in [1.807, 2.05) is 13.8 Å². The van der Waals surface area contributed by atoms with Crippen LogP contribution in [0, 0.1) is 11.2 Å². The summed E-state index contributed by atoms with van der Waals surface area (Å²) in [6.45, 7) is 5.42. The minimum atomic E-state index is -0.391. The average Bonchev–Trinajstić information content (AvgIpc) is 2.40. The summed E-state index contributed by atoms with van der Waals surface area (Å²) >= 11 is 0. The highest BCUT2D eigenvalue weighted by Gasteiger charge is 2.35. The Balaban J connectivity index is 2.04. The molecule has 0 aliphatic carbocycles. The molecular weight excluding hydrogens is 243 g/mol. The highest BCUT2D eigenvalue weighted by molar-refractivity contribution is 5.83. The fraction of sp³-hybridized carbons (Fsp3) is 0.533. The molecule has 1 heterocycles. The van der Waals surface area contributed by atoms with E-state index in [0.717, 1.165) is 19.4 Å². The molecule has 0 spiro atoms. The molecule has 1 fully saturated rings. The van der Waals surface area contributed by atoms with Gasteiger partial charge in [-0.25, -0.2) is 4.39 Å². The van der Waals surface area contributed by atoms with Crippen LogP contribution in [0.4, 0.5) is 4.39 Å². The number of carbonyl (C=O) groups excluding carboxylic acids is 1. The van der Waals surface area contributed by atoms with E-state index in [1.54, 1.807) is 18.2 Å². The minimum Gasteiger partial charge on any atom is -0.349 e. The highest BCUT2D eigenvalue weighted by Crippen LogP contribution is 2.27. The fourth-order valence-electron chi connectivity index (χ4n) is 2.52. The smallest absolute Gasteiger partial charge is 0.227 e. The highest BCUT2D eigenvalue weighted by atomic mass is 19.1. The molecule has 1 saturated heterocycles. The van der Waals surface area contributed by atoms with Crippen molar-refractivity contribution in [2.24, 2.45) is 5.41 Å². The molecule has 1 aliphatic heterocycles. The molecule has 0 bridgehead atoms. The third-order valence-corrected chi connectivity index (χ3v) is 3.86. The first-order valence-corrected chi connectivity index (χ1v) is 6.79. The van der Waals surface area contributed by atoms with Crippen LogP contribution in [0.2, 0.25) is 0 Å². The Bertz CT molecular complexity index is 455. The summed E-state index contributed by atoms with van der Waals surface area (Å²) in [5, 5.41) is 6.17. The van der Waals surface area contributed by atoms with Crippen molar-refractivity contribution >= 4 is 5.91 Å². The number of nitrogens with one attached hydrogen (secondary N) is 2. The number of hydrogen-bond donors (Lipinski definition) is 2. The SMILES string of the molecule is C[C@@H](NC(=O)C1(C)CCCNC1)c1ccccc1F. The maximum absolute atomic E-state index is 13.7. The Labute approximate surface area is 113 Å². The van der Waals surface area contributed by atoms with E-state index in [0.29, 0.717) is 12.1 Å². The molecule has 2 rings (SSSR count). The summed E-state index contributed by atoms with van der Waals surface area (Å²) in [6, 6.07) is 6.25. The van der Waals surface area contributed by atoms with Gasteiger partial charge in [0.15, 0.2) is 0 Å². The lowest BCUT2D eigenvalue weighted by atomic mass is 9.81. The Kier molecular flexibility index (Phi) is 4.20. The van der Waals surface area contributed by atoms with Crippen LogP contribution in [0.5, 0.6) is 0 Å². The predicted octanol–water partition coefficient (Wildman–Crippen LogP) is 2.39. The van der Waals surface area contributed by atoms with E-state index >= 15 is 0 Å². The van der Waals surface area contributed by atoms with Crippen LogP contribution in [0.25, 0.3) is 0 Å². The van der Waals surface area contributed by atoms with Crippen LogP contribution >= 0.6 is 0 Å². The van der Waals surface area contributed by atoms with Crippen LogP contribution < -0.4 is 10.6 Å². The molecule has 2 atom stereocenters. The number of rotatable bonds is 3. The number of benzene rings is 1. The van der Waals surface area contributed by atoms with E-state index in [2.05, 4.69) is 10.6 Å². The van der Waals surface area contributed by atoms with E-state index < -0.39 is 5.41 Å². The van der Waals surface area contributed by atoms with Gasteiger partial charge >= 0.3 is 0 Å². The number of piperidine rings is 1. The maximum Gasteiger partial charge on any atom is 0.227 e. The van der Waals surface area contributed by atoms with Gasteiger partial charge in [-0.05, 0) is 39.3 Å². The lowest BCUT2D eigenvalue weighted by Crippen LogP contribution is -2.49. The third kappa shape index (κ3) is 3.13. The zero-order valence-electron chi connectivity index (χ0n) is 11.5. The van der Waals surface area contributed by atoms with E-state index in [9.17, 15) is 9.18 Å². The number of amides is 1. The summed E-state index contributed by atoms with van der Waals surface area (Å²) < 4.78 is 13.7. The molecule has 1 aliphatic rings. The molecule has 1 amide bonds. The van der Waals surface area contributed by atoms with Gasteiger partial charge < -0.3 is 10.6 Å². The molecule has 19 heavy (non-hydrogen) atoms. The lowest BCUT2D eigenvalue weighted by Gasteiger charge is -2.33. The van der Waals surface area contributed by atoms with Gasteiger partial charge in [0.2, 0.25) is 5.91 Å². The first-order chi connectivity index (χ1) is 9.03. The number of halogens is 1. The molecule has 1 unspecified atom stereocenters. The van der Waals surface area contributed by atoms with Gasteiger partial charge in [0.05, 0.1) is 11.5 Å². The average molecular weight is 264 g/mol. The summed E-state index contributed by atoms with van der Waals surface area (Å²) in [4.78, 5) is 12.3. The maximum atomic E-state index is 13.7. The van der Waals surface area contributed by atoms with Gasteiger partial charge in [-0.1, -0.05) is 18.2 Å². The van der Waals surface area contributed by atoms with Crippen LogP contribution in [0.1, 0.15) is 38.3 Å². The summed E-state index contributed by atoms with van der Waals surface area (Å²) in [6.07, 6.45) is 1.87. The van der Waals surface area contributed by atoms with Gasteiger partial charge in [-0.2, -0.15) is 0 Å². The largest absolute Gasteiger partial charge is 0.349 e. The van der Waals surface area contributed by atoms with E-state index in [-0.39, 0.29) is 17.8 Å². The van der Waals surface area contributed by atoms with Gasteiger partial charge in [0.1, 0.15) is 5.82 Å². The van der Waals surface area contributed by atoms with Gasteiger partial charge in [-0.15, -0.1) is 0 Å². The quantitative estimate of drug-likeness (QED) is 0.880. The molecule has 0 aromatic heterocycles. The molecule has 1 aromatic carbocycles. The van der Waals surface area contributed by atoms with Crippen molar-refractivity contribution in [3.63, 3.8) is 0 Å². The third-order valence-electron chi connectivity index (χ3n) is 3.86.